The monoisotopic (exact) mass is 468 g/mol. The Balaban J connectivity index is 1.63. The van der Waals surface area contributed by atoms with E-state index in [1.54, 1.807) is 25.1 Å². The summed E-state index contributed by atoms with van der Waals surface area (Å²) in [6.45, 7) is 7.47. The van der Waals surface area contributed by atoms with Crippen LogP contribution in [0.15, 0.2) is 64.1 Å². The van der Waals surface area contributed by atoms with E-state index in [-0.39, 0.29) is 17.2 Å². The molecule has 8 nitrogen and oxygen atoms in total. The molecule has 1 atom stereocenters. The number of carbonyl (C=O) groups is 1. The number of nitrogens with zero attached hydrogens (tertiary/aromatic N) is 3. The van der Waals surface area contributed by atoms with Crippen LogP contribution in [0.2, 0.25) is 0 Å². The molecule has 0 unspecified atom stereocenters. The second-order valence-electron chi connectivity index (χ2n) is 8.79. The molecule has 0 bridgehead atoms. The maximum Gasteiger partial charge on any atom is 0.356 e. The fourth-order valence-electron chi connectivity index (χ4n) is 4.31. The molecule has 0 aliphatic carbocycles. The van der Waals surface area contributed by atoms with Crippen molar-refractivity contribution < 1.29 is 14.3 Å². The molecule has 0 saturated carbocycles. The molecule has 5 aromatic rings. The number of aryl methyl sites for hydroxylation is 3. The van der Waals surface area contributed by atoms with Gasteiger partial charge in [-0.1, -0.05) is 6.07 Å². The first-order valence-electron chi connectivity index (χ1n) is 11.2. The number of carboxylic acids is 1. The van der Waals surface area contributed by atoms with Crippen molar-refractivity contribution in [3.63, 3.8) is 0 Å². The number of rotatable bonds is 5. The first-order chi connectivity index (χ1) is 16.7. The Morgan fingerprint density at radius 2 is 1.83 bits per heavy atom. The van der Waals surface area contributed by atoms with E-state index < -0.39 is 5.97 Å². The molecule has 2 N–H and O–H groups in total. The van der Waals surface area contributed by atoms with E-state index in [1.165, 1.54) is 6.07 Å². The summed E-state index contributed by atoms with van der Waals surface area (Å²) in [4.78, 5) is 33.4. The number of imidazole rings is 1. The minimum atomic E-state index is -1.11. The number of pyridine rings is 2. The zero-order valence-electron chi connectivity index (χ0n) is 19.8. The van der Waals surface area contributed by atoms with Crippen molar-refractivity contribution in [2.75, 3.05) is 5.32 Å². The topological polar surface area (TPSA) is 110 Å². The van der Waals surface area contributed by atoms with Gasteiger partial charge in [0.25, 0.3) is 0 Å². The lowest BCUT2D eigenvalue weighted by Crippen LogP contribution is -2.14. The average Bonchev–Trinajstić information content (AvgIpc) is 3.19. The molecule has 4 aromatic heterocycles. The van der Waals surface area contributed by atoms with Gasteiger partial charge >= 0.3 is 5.97 Å². The Morgan fingerprint density at radius 3 is 2.60 bits per heavy atom. The highest BCUT2D eigenvalue weighted by Crippen LogP contribution is 2.31. The molecule has 0 saturated heterocycles. The largest absolute Gasteiger partial charge is 0.476 e. The van der Waals surface area contributed by atoms with Crippen LogP contribution in [-0.2, 0) is 0 Å². The van der Waals surface area contributed by atoms with Gasteiger partial charge in [0.05, 0.1) is 22.8 Å². The Kier molecular flexibility index (Phi) is 5.36. The van der Waals surface area contributed by atoms with Crippen molar-refractivity contribution in [2.24, 2.45) is 0 Å². The highest BCUT2D eigenvalue weighted by molar-refractivity contribution is 5.92. The van der Waals surface area contributed by atoms with Crippen LogP contribution in [-0.4, -0.2) is 25.4 Å². The van der Waals surface area contributed by atoms with Gasteiger partial charge < -0.3 is 19.2 Å². The maximum atomic E-state index is 13.1. The molecule has 0 aliphatic heterocycles. The predicted molar refractivity (Wildman–Crippen MR) is 134 cm³/mol. The zero-order valence-corrected chi connectivity index (χ0v) is 19.8. The minimum Gasteiger partial charge on any atom is -0.476 e. The lowest BCUT2D eigenvalue weighted by atomic mass is 10.0. The minimum absolute atomic E-state index is 0.0557. The van der Waals surface area contributed by atoms with Gasteiger partial charge in [0.1, 0.15) is 17.0 Å². The Bertz CT molecular complexity index is 1680. The first kappa shape index (κ1) is 22.3. The van der Waals surface area contributed by atoms with Crippen LogP contribution < -0.4 is 10.7 Å². The van der Waals surface area contributed by atoms with Crippen LogP contribution in [0.5, 0.6) is 0 Å². The normalized spacial score (nSPS) is 12.2. The van der Waals surface area contributed by atoms with Gasteiger partial charge in [-0.05, 0) is 63.6 Å². The summed E-state index contributed by atoms with van der Waals surface area (Å²) >= 11 is 0. The van der Waals surface area contributed by atoms with E-state index in [1.807, 2.05) is 55.8 Å². The fraction of sp³-hybridized carbons (Fsp3) is 0.185. The lowest BCUT2D eigenvalue weighted by molar-refractivity contribution is 0.0691. The number of anilines is 1. The van der Waals surface area contributed by atoms with Crippen molar-refractivity contribution in [1.29, 1.82) is 0 Å². The van der Waals surface area contributed by atoms with Crippen LogP contribution in [0.4, 0.5) is 5.69 Å². The van der Waals surface area contributed by atoms with Crippen LogP contribution in [0.25, 0.3) is 27.9 Å². The number of carboxylic acid groups (broad SMARTS) is 1. The second kappa shape index (κ2) is 8.39. The molecule has 0 fully saturated rings. The molecule has 0 radical (unpaired) electrons. The number of benzene rings is 1. The van der Waals surface area contributed by atoms with Crippen molar-refractivity contribution in [2.45, 2.75) is 33.7 Å². The third kappa shape index (κ3) is 4.14. The van der Waals surface area contributed by atoms with Gasteiger partial charge in [-0.3, -0.25) is 4.79 Å². The number of hydrogen-bond donors (Lipinski definition) is 2. The Morgan fingerprint density at radius 1 is 1.03 bits per heavy atom. The van der Waals surface area contributed by atoms with Gasteiger partial charge in [-0.2, -0.15) is 0 Å². The summed E-state index contributed by atoms with van der Waals surface area (Å²) in [5.74, 6) is -0.673. The number of aromatic carboxylic acids is 1. The molecule has 1 aromatic carbocycles. The Hall–Kier alpha value is -4.46. The molecule has 8 heteroatoms. The van der Waals surface area contributed by atoms with Crippen LogP contribution in [0.1, 0.15) is 46.0 Å². The van der Waals surface area contributed by atoms with E-state index in [0.717, 1.165) is 28.0 Å². The van der Waals surface area contributed by atoms with Gasteiger partial charge in [-0.25, -0.2) is 14.8 Å². The van der Waals surface area contributed by atoms with Gasteiger partial charge in [-0.15, -0.1) is 0 Å². The molecular weight excluding hydrogens is 444 g/mol. The third-order valence-corrected chi connectivity index (χ3v) is 5.93. The molecule has 4 heterocycles. The summed E-state index contributed by atoms with van der Waals surface area (Å²) in [6.07, 6.45) is 3.79. The summed E-state index contributed by atoms with van der Waals surface area (Å²) < 4.78 is 8.22. The van der Waals surface area contributed by atoms with E-state index in [9.17, 15) is 14.7 Å². The van der Waals surface area contributed by atoms with E-state index in [0.29, 0.717) is 28.1 Å². The van der Waals surface area contributed by atoms with Crippen LogP contribution in [0.3, 0.4) is 0 Å². The molecule has 176 valence electrons. The average molecular weight is 469 g/mol. The van der Waals surface area contributed by atoms with E-state index >= 15 is 0 Å². The zero-order chi connectivity index (χ0) is 24.9. The quantitative estimate of drug-likeness (QED) is 0.360. The van der Waals surface area contributed by atoms with Crippen LogP contribution in [0, 0.1) is 20.8 Å². The summed E-state index contributed by atoms with van der Waals surface area (Å²) in [7, 11) is 0. The molecule has 0 amide bonds. The molecule has 35 heavy (non-hydrogen) atoms. The van der Waals surface area contributed by atoms with Crippen LogP contribution >= 0.6 is 0 Å². The smallest absolute Gasteiger partial charge is 0.356 e. The van der Waals surface area contributed by atoms with Gasteiger partial charge in [0.15, 0.2) is 11.1 Å². The molecule has 0 aliphatic rings. The van der Waals surface area contributed by atoms with Gasteiger partial charge in [0, 0.05) is 35.3 Å². The van der Waals surface area contributed by atoms with E-state index in [4.69, 9.17) is 4.42 Å². The van der Waals surface area contributed by atoms with Gasteiger partial charge in [0.2, 0.25) is 0 Å². The maximum absolute atomic E-state index is 13.1. The molecule has 0 spiro atoms. The number of aromatic nitrogens is 3. The second-order valence-corrected chi connectivity index (χ2v) is 8.79. The fourth-order valence-corrected chi connectivity index (χ4v) is 4.31. The summed E-state index contributed by atoms with van der Waals surface area (Å²) in [5.41, 5.74) is 5.35. The standard InChI is InChI=1S/C27H24N4O4/c1-14-9-19(17(4)30-21-7-5-15(2)29-25(21)27(33)34)26-20(10-14)22(32)11-23(35-26)18-6-8-24-28-16(3)12-31(24)13-18/h5-13,17,30H,1-4H3,(H,33,34)/t17-/m1/s1. The molecular formula is C27H24N4O4. The van der Waals surface area contributed by atoms with Crippen molar-refractivity contribution in [3.8, 4) is 11.3 Å². The van der Waals surface area contributed by atoms with Crippen molar-refractivity contribution >= 4 is 28.3 Å². The highest BCUT2D eigenvalue weighted by atomic mass is 16.4. The molecule has 5 rings (SSSR count). The predicted octanol–water partition coefficient (Wildman–Crippen LogP) is 5.30. The third-order valence-electron chi connectivity index (χ3n) is 5.93. The number of nitrogens with one attached hydrogen (secondary N) is 1. The summed E-state index contributed by atoms with van der Waals surface area (Å²) in [6, 6.07) is 12.1. The Labute approximate surface area is 200 Å². The van der Waals surface area contributed by atoms with Crippen molar-refractivity contribution in [1.82, 2.24) is 14.4 Å². The summed E-state index contributed by atoms with van der Waals surface area (Å²) in [5, 5.41) is 13.3. The van der Waals surface area contributed by atoms with E-state index in [2.05, 4.69) is 15.3 Å². The van der Waals surface area contributed by atoms with Crippen molar-refractivity contribution in [3.05, 3.63) is 93.3 Å². The SMILES string of the molecule is Cc1cc([C@@H](C)Nc2ccc(C)nc2C(=O)O)c2oc(-c3ccc4nc(C)cn4c3)cc(=O)c2c1. The number of fused-ring (bicyclic) bond motifs is 2. The highest BCUT2D eigenvalue weighted by Gasteiger charge is 2.19. The lowest BCUT2D eigenvalue weighted by Gasteiger charge is -2.19. The first-order valence-corrected chi connectivity index (χ1v) is 11.2. The number of hydrogen-bond acceptors (Lipinski definition) is 6.